The summed E-state index contributed by atoms with van der Waals surface area (Å²) in [6.07, 6.45) is 0. The molecular weight excluding hydrogens is 242 g/mol. The molecule has 1 unspecified atom stereocenters. The summed E-state index contributed by atoms with van der Waals surface area (Å²) in [5.41, 5.74) is 4.97. The highest BCUT2D eigenvalue weighted by atomic mass is 16.6. The van der Waals surface area contributed by atoms with E-state index in [0.29, 0.717) is 17.1 Å². The highest BCUT2D eigenvalue weighted by Crippen LogP contribution is 2.39. The molecule has 0 saturated heterocycles. The van der Waals surface area contributed by atoms with Crippen molar-refractivity contribution in [3.63, 3.8) is 0 Å². The van der Waals surface area contributed by atoms with Gasteiger partial charge in [-0.05, 0) is 12.1 Å². The van der Waals surface area contributed by atoms with Gasteiger partial charge < -0.3 is 15.2 Å². The van der Waals surface area contributed by atoms with Crippen molar-refractivity contribution in [2.45, 2.75) is 5.60 Å². The number of rotatable bonds is 2. The van der Waals surface area contributed by atoms with Crippen LogP contribution in [0.1, 0.15) is 5.56 Å². The van der Waals surface area contributed by atoms with E-state index in [2.05, 4.69) is 0 Å². The maximum absolute atomic E-state index is 11.9. The van der Waals surface area contributed by atoms with Gasteiger partial charge >= 0.3 is 0 Å². The summed E-state index contributed by atoms with van der Waals surface area (Å²) in [5.74, 6) is 0.583. The van der Waals surface area contributed by atoms with Gasteiger partial charge in [-0.3, -0.25) is 4.79 Å². The van der Waals surface area contributed by atoms with Crippen molar-refractivity contribution in [2.75, 3.05) is 6.61 Å². The number of carbonyl (C=O) groups is 1. The molecule has 96 valence electrons. The lowest BCUT2D eigenvalue weighted by atomic mass is 9.92. The largest absolute Gasteiger partial charge is 0.485 e. The maximum Gasteiger partial charge on any atom is 0.270 e. The third-order valence-corrected chi connectivity index (χ3v) is 3.20. The van der Waals surface area contributed by atoms with E-state index in [9.17, 15) is 4.79 Å². The van der Waals surface area contributed by atoms with Crippen LogP contribution in [0.2, 0.25) is 0 Å². The van der Waals surface area contributed by atoms with Crippen molar-refractivity contribution in [3.8, 4) is 11.5 Å². The molecule has 2 N–H and O–H groups in total. The van der Waals surface area contributed by atoms with E-state index >= 15 is 0 Å². The summed E-state index contributed by atoms with van der Waals surface area (Å²) in [7, 11) is 0. The first-order valence-corrected chi connectivity index (χ1v) is 5.99. The summed E-state index contributed by atoms with van der Waals surface area (Å²) >= 11 is 0. The average Bonchev–Trinajstić information content (AvgIpc) is 2.47. The molecule has 1 aliphatic heterocycles. The fraction of sp³-hybridized carbons (Fsp3) is 0.133. The topological polar surface area (TPSA) is 61.6 Å². The minimum Gasteiger partial charge on any atom is -0.485 e. The van der Waals surface area contributed by atoms with Gasteiger partial charge in [0.05, 0.1) is 0 Å². The molecule has 19 heavy (non-hydrogen) atoms. The summed E-state index contributed by atoms with van der Waals surface area (Å²) in [6.45, 7) is 0.0728. The SMILES string of the molecule is NC(=O)C1(c2ccccc2)COc2ccccc2O1. The van der Waals surface area contributed by atoms with Crippen LogP contribution >= 0.6 is 0 Å². The lowest BCUT2D eigenvalue weighted by molar-refractivity contribution is -0.139. The maximum atomic E-state index is 11.9. The second kappa shape index (κ2) is 4.31. The number of para-hydroxylation sites is 2. The van der Waals surface area contributed by atoms with Crippen LogP contribution in [-0.4, -0.2) is 12.5 Å². The van der Waals surface area contributed by atoms with E-state index < -0.39 is 11.5 Å². The van der Waals surface area contributed by atoms with Crippen LogP contribution in [0, 0.1) is 0 Å². The van der Waals surface area contributed by atoms with Crippen LogP contribution in [0.15, 0.2) is 54.6 Å². The molecule has 3 rings (SSSR count). The predicted molar refractivity (Wildman–Crippen MR) is 69.9 cm³/mol. The number of nitrogens with two attached hydrogens (primary N) is 1. The zero-order chi connectivity index (χ0) is 13.3. The molecule has 4 heteroatoms. The normalized spacial score (nSPS) is 20.8. The summed E-state index contributed by atoms with van der Waals surface area (Å²) in [5, 5.41) is 0. The second-order valence-electron chi connectivity index (χ2n) is 4.39. The standard InChI is InChI=1S/C15H13NO3/c16-14(17)15(11-6-2-1-3-7-11)10-18-12-8-4-5-9-13(12)19-15/h1-9H,10H2,(H2,16,17). The first kappa shape index (κ1) is 11.6. The van der Waals surface area contributed by atoms with Gasteiger partial charge in [-0.15, -0.1) is 0 Å². The summed E-state index contributed by atoms with van der Waals surface area (Å²) in [6, 6.07) is 16.4. The van der Waals surface area contributed by atoms with E-state index in [1.807, 2.05) is 42.5 Å². The molecule has 0 saturated carbocycles. The van der Waals surface area contributed by atoms with Crippen LogP contribution in [0.5, 0.6) is 11.5 Å². The highest BCUT2D eigenvalue weighted by Gasteiger charge is 2.45. The zero-order valence-corrected chi connectivity index (χ0v) is 10.2. The Balaban J connectivity index is 2.08. The molecule has 1 atom stereocenters. The molecule has 1 aliphatic rings. The number of fused-ring (bicyclic) bond motifs is 1. The van der Waals surface area contributed by atoms with Crippen molar-refractivity contribution in [1.82, 2.24) is 0 Å². The Labute approximate surface area is 110 Å². The van der Waals surface area contributed by atoms with Gasteiger partial charge in [0, 0.05) is 5.56 Å². The van der Waals surface area contributed by atoms with E-state index in [4.69, 9.17) is 15.2 Å². The van der Waals surface area contributed by atoms with E-state index in [1.165, 1.54) is 0 Å². The first-order chi connectivity index (χ1) is 9.22. The van der Waals surface area contributed by atoms with Crippen molar-refractivity contribution in [2.24, 2.45) is 5.73 Å². The molecule has 1 amide bonds. The zero-order valence-electron chi connectivity index (χ0n) is 10.2. The number of ether oxygens (including phenoxy) is 2. The van der Waals surface area contributed by atoms with E-state index in [-0.39, 0.29) is 6.61 Å². The van der Waals surface area contributed by atoms with Gasteiger partial charge in [0.2, 0.25) is 5.60 Å². The molecule has 0 radical (unpaired) electrons. The van der Waals surface area contributed by atoms with Gasteiger partial charge in [0.15, 0.2) is 11.5 Å². The Hall–Kier alpha value is -2.49. The predicted octanol–water partition coefficient (Wildman–Crippen LogP) is 1.84. The number of benzene rings is 2. The van der Waals surface area contributed by atoms with Gasteiger partial charge in [-0.2, -0.15) is 0 Å². The Kier molecular flexibility index (Phi) is 2.63. The van der Waals surface area contributed by atoms with E-state index in [0.717, 1.165) is 0 Å². The van der Waals surface area contributed by atoms with Crippen LogP contribution in [0.4, 0.5) is 0 Å². The fourth-order valence-electron chi connectivity index (χ4n) is 2.16. The Morgan fingerprint density at radius 2 is 1.63 bits per heavy atom. The van der Waals surface area contributed by atoms with Crippen LogP contribution in [-0.2, 0) is 10.4 Å². The first-order valence-electron chi connectivity index (χ1n) is 5.99. The molecule has 0 spiro atoms. The molecular formula is C15H13NO3. The Morgan fingerprint density at radius 1 is 1.00 bits per heavy atom. The van der Waals surface area contributed by atoms with Crippen molar-refractivity contribution in [3.05, 3.63) is 60.2 Å². The molecule has 4 nitrogen and oxygen atoms in total. The quantitative estimate of drug-likeness (QED) is 0.890. The van der Waals surface area contributed by atoms with Gasteiger partial charge in [-0.25, -0.2) is 0 Å². The number of carbonyl (C=O) groups excluding carboxylic acids is 1. The van der Waals surface area contributed by atoms with Crippen LogP contribution < -0.4 is 15.2 Å². The van der Waals surface area contributed by atoms with Crippen LogP contribution in [0.3, 0.4) is 0 Å². The number of hydrogen-bond donors (Lipinski definition) is 1. The van der Waals surface area contributed by atoms with Gasteiger partial charge in [0.25, 0.3) is 5.91 Å². The Bertz CT molecular complexity index is 612. The molecule has 0 bridgehead atoms. The monoisotopic (exact) mass is 255 g/mol. The van der Waals surface area contributed by atoms with Crippen molar-refractivity contribution < 1.29 is 14.3 Å². The summed E-state index contributed by atoms with van der Waals surface area (Å²) in [4.78, 5) is 11.9. The molecule has 2 aromatic rings. The second-order valence-corrected chi connectivity index (χ2v) is 4.39. The van der Waals surface area contributed by atoms with E-state index in [1.54, 1.807) is 12.1 Å². The van der Waals surface area contributed by atoms with Gasteiger partial charge in [0.1, 0.15) is 6.61 Å². The lowest BCUT2D eigenvalue weighted by Crippen LogP contribution is -2.52. The third-order valence-electron chi connectivity index (χ3n) is 3.20. The van der Waals surface area contributed by atoms with Gasteiger partial charge in [-0.1, -0.05) is 42.5 Å². The number of amides is 1. The molecule has 0 fully saturated rings. The third kappa shape index (κ3) is 1.81. The van der Waals surface area contributed by atoms with Crippen LogP contribution in [0.25, 0.3) is 0 Å². The minimum atomic E-state index is -1.27. The smallest absolute Gasteiger partial charge is 0.270 e. The fourth-order valence-corrected chi connectivity index (χ4v) is 2.16. The van der Waals surface area contributed by atoms with Crippen molar-refractivity contribution >= 4 is 5.91 Å². The molecule has 1 heterocycles. The number of hydrogen-bond acceptors (Lipinski definition) is 3. The molecule has 0 aromatic heterocycles. The summed E-state index contributed by atoms with van der Waals surface area (Å²) < 4.78 is 11.5. The number of primary amides is 1. The van der Waals surface area contributed by atoms with Crippen molar-refractivity contribution in [1.29, 1.82) is 0 Å². The highest BCUT2D eigenvalue weighted by molar-refractivity contribution is 5.86. The minimum absolute atomic E-state index is 0.0728. The average molecular weight is 255 g/mol. The molecule has 2 aromatic carbocycles. The lowest BCUT2D eigenvalue weighted by Gasteiger charge is -2.36. The molecule has 0 aliphatic carbocycles. The Morgan fingerprint density at radius 3 is 2.32 bits per heavy atom.